The van der Waals surface area contributed by atoms with Gasteiger partial charge >= 0.3 is 0 Å². The second-order valence-corrected chi connectivity index (χ2v) is 7.93. The topological polar surface area (TPSA) is 80.2 Å². The largest absolute Gasteiger partial charge is 0.491 e. The molecule has 1 heterocycles. The first-order valence-electron chi connectivity index (χ1n) is 10.4. The van der Waals surface area contributed by atoms with Gasteiger partial charge in [0.2, 0.25) is 0 Å². The number of hydrogen-bond acceptors (Lipinski definition) is 5. The van der Waals surface area contributed by atoms with Crippen molar-refractivity contribution in [3.05, 3.63) is 78.4 Å². The van der Waals surface area contributed by atoms with E-state index < -0.39 is 0 Å². The van der Waals surface area contributed by atoms with Crippen LogP contribution in [-0.2, 0) is 6.54 Å². The van der Waals surface area contributed by atoms with E-state index in [-0.39, 0.29) is 5.82 Å². The zero-order valence-electron chi connectivity index (χ0n) is 18.2. The summed E-state index contributed by atoms with van der Waals surface area (Å²) in [4.78, 5) is 6.31. The number of fused-ring (bicyclic) bond motifs is 1. The van der Waals surface area contributed by atoms with E-state index in [0.29, 0.717) is 42.4 Å². The van der Waals surface area contributed by atoms with Crippen LogP contribution in [0.15, 0.2) is 67.0 Å². The van der Waals surface area contributed by atoms with E-state index in [0.717, 1.165) is 22.2 Å². The van der Waals surface area contributed by atoms with Gasteiger partial charge in [0.15, 0.2) is 0 Å². The number of hydrogen-bond donors (Lipinski definition) is 2. The normalized spacial score (nSPS) is 11.2. The third-order valence-corrected chi connectivity index (χ3v) is 5.22. The number of nitrogens with two attached hydrogens (primary N) is 1. The molecule has 4 aromatic rings. The molecule has 0 atom stereocenters. The smallest absolute Gasteiger partial charge is 0.130 e. The molecule has 0 fully saturated rings. The molecule has 164 valence electrons. The Morgan fingerprint density at radius 2 is 1.94 bits per heavy atom. The number of benzene rings is 3. The number of imidazole rings is 1. The van der Waals surface area contributed by atoms with Crippen molar-refractivity contribution in [2.24, 2.45) is 0 Å². The molecule has 0 unspecified atom stereocenters. The molecular formula is C25H26FN5O. The van der Waals surface area contributed by atoms with E-state index in [9.17, 15) is 4.39 Å². The molecule has 1 aromatic heterocycles. The van der Waals surface area contributed by atoms with Gasteiger partial charge in [0, 0.05) is 29.4 Å². The molecule has 0 bridgehead atoms. The highest BCUT2D eigenvalue weighted by molar-refractivity contribution is 6.05. The van der Waals surface area contributed by atoms with Crippen LogP contribution in [0.2, 0.25) is 0 Å². The number of rotatable bonds is 8. The first-order chi connectivity index (χ1) is 15.4. The number of aromatic nitrogens is 2. The Morgan fingerprint density at radius 1 is 1.12 bits per heavy atom. The van der Waals surface area contributed by atoms with Crippen molar-refractivity contribution >= 4 is 22.4 Å². The second-order valence-electron chi connectivity index (χ2n) is 7.93. The number of ether oxygens (including phenoxy) is 1. The summed E-state index contributed by atoms with van der Waals surface area (Å²) in [5.41, 5.74) is 11.3. The Kier molecular flexibility index (Phi) is 6.18. The molecule has 0 amide bonds. The summed E-state index contributed by atoms with van der Waals surface area (Å²) in [6.07, 6.45) is 1.78. The third-order valence-electron chi connectivity index (χ3n) is 5.22. The van der Waals surface area contributed by atoms with Crippen molar-refractivity contribution in [1.29, 1.82) is 5.41 Å². The average molecular weight is 432 g/mol. The molecular weight excluding hydrogens is 405 g/mol. The minimum Gasteiger partial charge on any atom is -0.491 e. The first kappa shape index (κ1) is 21.5. The van der Waals surface area contributed by atoms with Crippen LogP contribution in [0.4, 0.5) is 10.1 Å². The van der Waals surface area contributed by atoms with Crippen LogP contribution in [0.25, 0.3) is 22.2 Å². The summed E-state index contributed by atoms with van der Waals surface area (Å²) in [7, 11) is 3.81. The molecule has 6 nitrogen and oxygen atoms in total. The number of halogens is 1. The van der Waals surface area contributed by atoms with Crippen molar-refractivity contribution in [2.75, 3.05) is 33.0 Å². The van der Waals surface area contributed by atoms with Crippen LogP contribution in [0.3, 0.4) is 0 Å². The molecule has 0 spiro atoms. The fourth-order valence-corrected chi connectivity index (χ4v) is 3.68. The summed E-state index contributed by atoms with van der Waals surface area (Å²) in [6, 6.07) is 17.9. The molecule has 0 saturated carbocycles. The summed E-state index contributed by atoms with van der Waals surface area (Å²) >= 11 is 0. The van der Waals surface area contributed by atoms with E-state index >= 15 is 0 Å². The highest BCUT2D eigenvalue weighted by Crippen LogP contribution is 2.33. The summed E-state index contributed by atoms with van der Waals surface area (Å²) < 4.78 is 22.1. The lowest BCUT2D eigenvalue weighted by Crippen LogP contribution is -2.22. The lowest BCUT2D eigenvalue weighted by atomic mass is 9.98. The Morgan fingerprint density at radius 3 is 2.75 bits per heavy atom. The van der Waals surface area contributed by atoms with Gasteiger partial charge in [0.05, 0.1) is 29.6 Å². The zero-order valence-corrected chi connectivity index (χ0v) is 18.2. The SMILES string of the molecule is CN(C)CC(=N)c1cc(-c2ccc(F)cc2OCCn2cnc3ccccc32)ccc1N. The number of likely N-dealkylation sites (N-methyl/N-ethyl adjacent to an activating group) is 1. The third kappa shape index (κ3) is 4.63. The van der Waals surface area contributed by atoms with Gasteiger partial charge in [-0.3, -0.25) is 0 Å². The number of anilines is 1. The maximum Gasteiger partial charge on any atom is 0.130 e. The molecule has 0 aliphatic carbocycles. The Labute approximate surface area is 186 Å². The van der Waals surface area contributed by atoms with Gasteiger partial charge in [-0.25, -0.2) is 9.37 Å². The van der Waals surface area contributed by atoms with E-state index in [1.807, 2.05) is 60.0 Å². The molecule has 3 N–H and O–H groups in total. The fraction of sp³-hybridized carbons (Fsp3) is 0.200. The van der Waals surface area contributed by atoms with Crippen molar-refractivity contribution in [3.63, 3.8) is 0 Å². The lowest BCUT2D eigenvalue weighted by Gasteiger charge is -2.16. The van der Waals surface area contributed by atoms with Gasteiger partial charge in [-0.1, -0.05) is 18.2 Å². The van der Waals surface area contributed by atoms with Gasteiger partial charge < -0.3 is 25.3 Å². The van der Waals surface area contributed by atoms with Crippen molar-refractivity contribution in [2.45, 2.75) is 6.54 Å². The standard InChI is InChI=1S/C25H26FN5O/c1-30(2)15-22(28)20-13-17(7-10-21(20)27)19-9-8-18(26)14-25(19)32-12-11-31-16-29-23-5-3-4-6-24(23)31/h3-10,13-14,16,28H,11-12,15,27H2,1-2H3. The van der Waals surface area contributed by atoms with E-state index in [1.165, 1.54) is 12.1 Å². The van der Waals surface area contributed by atoms with E-state index in [4.69, 9.17) is 15.9 Å². The maximum absolute atomic E-state index is 14.0. The predicted octanol–water partition coefficient (Wildman–Crippen LogP) is 4.43. The van der Waals surface area contributed by atoms with Crippen LogP contribution >= 0.6 is 0 Å². The quantitative estimate of drug-likeness (QED) is 0.319. The summed E-state index contributed by atoms with van der Waals surface area (Å²) in [5, 5.41) is 8.38. The average Bonchev–Trinajstić information content (AvgIpc) is 3.17. The van der Waals surface area contributed by atoms with Gasteiger partial charge in [0.1, 0.15) is 18.2 Å². The highest BCUT2D eigenvalue weighted by atomic mass is 19.1. The van der Waals surface area contributed by atoms with Crippen LogP contribution in [-0.4, -0.2) is 47.4 Å². The van der Waals surface area contributed by atoms with Crippen molar-refractivity contribution in [1.82, 2.24) is 14.5 Å². The monoisotopic (exact) mass is 431 g/mol. The van der Waals surface area contributed by atoms with Gasteiger partial charge in [-0.2, -0.15) is 0 Å². The Hall–Kier alpha value is -3.71. The molecule has 4 rings (SSSR count). The number of para-hydroxylation sites is 2. The lowest BCUT2D eigenvalue weighted by molar-refractivity contribution is 0.300. The fourth-order valence-electron chi connectivity index (χ4n) is 3.68. The van der Waals surface area contributed by atoms with Gasteiger partial charge in [0.25, 0.3) is 0 Å². The molecule has 0 aliphatic heterocycles. The van der Waals surface area contributed by atoms with Crippen LogP contribution in [0.1, 0.15) is 5.56 Å². The highest BCUT2D eigenvalue weighted by Gasteiger charge is 2.13. The van der Waals surface area contributed by atoms with E-state index in [2.05, 4.69) is 4.98 Å². The molecule has 0 aliphatic rings. The predicted molar refractivity (Wildman–Crippen MR) is 127 cm³/mol. The molecule has 0 radical (unpaired) electrons. The molecule has 32 heavy (non-hydrogen) atoms. The van der Waals surface area contributed by atoms with Crippen molar-refractivity contribution < 1.29 is 9.13 Å². The van der Waals surface area contributed by atoms with Crippen molar-refractivity contribution in [3.8, 4) is 16.9 Å². The number of nitrogens with one attached hydrogen (secondary N) is 1. The van der Waals surface area contributed by atoms with Crippen LogP contribution in [0.5, 0.6) is 5.75 Å². The number of nitrogens with zero attached hydrogens (tertiary/aromatic N) is 3. The second kappa shape index (κ2) is 9.20. The van der Waals surface area contributed by atoms with Crippen LogP contribution < -0.4 is 10.5 Å². The first-order valence-corrected chi connectivity index (χ1v) is 10.4. The van der Waals surface area contributed by atoms with Gasteiger partial charge in [-0.05, 0) is 56.1 Å². The minimum atomic E-state index is -0.368. The summed E-state index contributed by atoms with van der Waals surface area (Å²) in [5.74, 6) is 0.0807. The summed E-state index contributed by atoms with van der Waals surface area (Å²) in [6.45, 7) is 1.41. The van der Waals surface area contributed by atoms with Crippen LogP contribution in [0, 0.1) is 11.2 Å². The Bertz CT molecular complexity index is 1260. The molecule has 3 aromatic carbocycles. The zero-order chi connectivity index (χ0) is 22.7. The maximum atomic E-state index is 14.0. The number of nitrogen functional groups attached to an aromatic ring is 1. The minimum absolute atomic E-state index is 0.356. The molecule has 7 heteroatoms. The van der Waals surface area contributed by atoms with E-state index in [1.54, 1.807) is 18.5 Å². The Balaban J connectivity index is 1.58. The van der Waals surface area contributed by atoms with Gasteiger partial charge in [-0.15, -0.1) is 0 Å². The molecule has 0 saturated heterocycles.